The third kappa shape index (κ3) is 2.98. The molecule has 0 radical (unpaired) electrons. The van der Waals surface area contributed by atoms with Crippen LogP contribution in [0.1, 0.15) is 6.92 Å². The number of nitrogens with zero attached hydrogens (tertiary/aromatic N) is 3. The van der Waals surface area contributed by atoms with Gasteiger partial charge in [0, 0.05) is 18.1 Å². The van der Waals surface area contributed by atoms with Gasteiger partial charge >= 0.3 is 0 Å². The van der Waals surface area contributed by atoms with Crippen LogP contribution < -0.4 is 4.90 Å². The Morgan fingerprint density at radius 1 is 1.23 bits per heavy atom. The smallest absolute Gasteiger partial charge is 0.239 e. The van der Waals surface area contributed by atoms with Gasteiger partial charge in [0.25, 0.3) is 0 Å². The minimum atomic E-state index is -0.219. The lowest BCUT2D eigenvalue weighted by Crippen LogP contribution is -2.33. The van der Waals surface area contributed by atoms with E-state index in [0.717, 1.165) is 20.9 Å². The quantitative estimate of drug-likeness (QED) is 0.539. The van der Waals surface area contributed by atoms with E-state index in [4.69, 9.17) is 0 Å². The highest BCUT2D eigenvalue weighted by Gasteiger charge is 2.21. The Balaban J connectivity index is 1.78. The highest BCUT2D eigenvalue weighted by Crippen LogP contribution is 2.31. The number of benzene rings is 1. The van der Waals surface area contributed by atoms with Crippen molar-refractivity contribution in [1.82, 2.24) is 9.97 Å². The Bertz CT molecular complexity index is 788. The summed E-state index contributed by atoms with van der Waals surface area (Å²) < 4.78 is 0. The molecule has 0 unspecified atom stereocenters. The fourth-order valence-corrected chi connectivity index (χ4v) is 3.92. The molecule has 4 nitrogen and oxygen atoms in total. The van der Waals surface area contributed by atoms with Crippen molar-refractivity contribution in [2.45, 2.75) is 17.2 Å². The van der Waals surface area contributed by atoms with E-state index in [0.29, 0.717) is 0 Å². The minimum absolute atomic E-state index is 0.0539. The van der Waals surface area contributed by atoms with Crippen LogP contribution in [0.2, 0.25) is 0 Å². The summed E-state index contributed by atoms with van der Waals surface area (Å²) in [5.74, 6) is 0.0539. The Morgan fingerprint density at radius 2 is 2.00 bits per heavy atom. The average Bonchev–Trinajstić information content (AvgIpc) is 3.04. The number of hydrogen-bond donors (Lipinski definition) is 0. The number of hydrogen-bond acceptors (Lipinski definition) is 5. The SMILES string of the molecule is C[C@@H](Sc1ncnc2sccc12)C(=O)N(C)c1ccccc1. The highest BCUT2D eigenvalue weighted by molar-refractivity contribution is 8.00. The molecule has 6 heteroatoms. The van der Waals surface area contributed by atoms with Crippen molar-refractivity contribution in [1.29, 1.82) is 0 Å². The molecule has 3 rings (SSSR count). The van der Waals surface area contributed by atoms with Gasteiger partial charge in [-0.05, 0) is 30.5 Å². The molecule has 1 atom stereocenters. The van der Waals surface area contributed by atoms with E-state index >= 15 is 0 Å². The van der Waals surface area contributed by atoms with Crippen molar-refractivity contribution in [3.8, 4) is 0 Å². The number of rotatable bonds is 4. The lowest BCUT2D eigenvalue weighted by atomic mass is 10.3. The number of para-hydroxylation sites is 1. The number of aromatic nitrogens is 2. The fraction of sp³-hybridized carbons (Fsp3) is 0.188. The standard InChI is InChI=1S/C16H15N3OS2/c1-11(16(20)19(2)12-6-4-3-5-7-12)22-15-13-8-9-21-14(13)17-10-18-15/h3-11H,1-2H3/t11-/m1/s1. The van der Waals surface area contributed by atoms with Crippen LogP contribution in [0.3, 0.4) is 0 Å². The fourth-order valence-electron chi connectivity index (χ4n) is 2.13. The van der Waals surface area contributed by atoms with Crippen molar-refractivity contribution >= 4 is 44.9 Å². The van der Waals surface area contributed by atoms with E-state index in [1.807, 2.05) is 48.7 Å². The van der Waals surface area contributed by atoms with E-state index in [2.05, 4.69) is 9.97 Å². The molecule has 1 aromatic carbocycles. The third-order valence-electron chi connectivity index (χ3n) is 3.34. The van der Waals surface area contributed by atoms with Gasteiger partial charge in [-0.1, -0.05) is 30.0 Å². The molecule has 0 fully saturated rings. The molecule has 1 amide bonds. The molecule has 0 saturated heterocycles. The summed E-state index contributed by atoms with van der Waals surface area (Å²) in [4.78, 5) is 23.8. The summed E-state index contributed by atoms with van der Waals surface area (Å²) in [5, 5.41) is 3.64. The number of amides is 1. The number of carbonyl (C=O) groups excluding carboxylic acids is 1. The Morgan fingerprint density at radius 3 is 2.77 bits per heavy atom. The maximum absolute atomic E-state index is 12.6. The average molecular weight is 329 g/mol. The van der Waals surface area contributed by atoms with Gasteiger partial charge in [0.15, 0.2) is 0 Å². The zero-order chi connectivity index (χ0) is 15.5. The van der Waals surface area contributed by atoms with Crippen LogP contribution in [-0.4, -0.2) is 28.2 Å². The lowest BCUT2D eigenvalue weighted by molar-refractivity contribution is -0.117. The molecule has 0 aliphatic heterocycles. The molecule has 0 aliphatic carbocycles. The summed E-state index contributed by atoms with van der Waals surface area (Å²) in [5.41, 5.74) is 0.892. The van der Waals surface area contributed by atoms with Crippen LogP contribution >= 0.6 is 23.1 Å². The Hall–Kier alpha value is -1.92. The summed E-state index contributed by atoms with van der Waals surface area (Å²) in [6.45, 7) is 1.91. The number of fused-ring (bicyclic) bond motifs is 1. The molecule has 0 spiro atoms. The molecule has 3 aromatic rings. The van der Waals surface area contributed by atoms with Gasteiger partial charge in [-0.25, -0.2) is 9.97 Å². The molecule has 0 aliphatic rings. The van der Waals surface area contributed by atoms with Gasteiger partial charge in [0.05, 0.1) is 5.25 Å². The molecular formula is C16H15N3OS2. The lowest BCUT2D eigenvalue weighted by Gasteiger charge is -2.21. The first-order valence-corrected chi connectivity index (χ1v) is 8.60. The minimum Gasteiger partial charge on any atom is -0.315 e. The van der Waals surface area contributed by atoms with Crippen molar-refractivity contribution in [2.24, 2.45) is 0 Å². The van der Waals surface area contributed by atoms with Crippen molar-refractivity contribution in [3.05, 3.63) is 48.1 Å². The van der Waals surface area contributed by atoms with Gasteiger partial charge in [-0.15, -0.1) is 11.3 Å². The number of anilines is 1. The summed E-state index contributed by atoms with van der Waals surface area (Å²) in [6.07, 6.45) is 1.55. The van der Waals surface area contributed by atoms with Crippen molar-refractivity contribution in [2.75, 3.05) is 11.9 Å². The molecule has 2 aromatic heterocycles. The first-order valence-electron chi connectivity index (χ1n) is 6.84. The van der Waals surface area contributed by atoms with Crippen LogP contribution in [0.25, 0.3) is 10.2 Å². The molecule has 0 bridgehead atoms. The van der Waals surface area contributed by atoms with Crippen LogP contribution in [0.4, 0.5) is 5.69 Å². The predicted molar refractivity (Wildman–Crippen MR) is 92.6 cm³/mol. The highest BCUT2D eigenvalue weighted by atomic mass is 32.2. The molecular weight excluding hydrogens is 314 g/mol. The second-order valence-electron chi connectivity index (χ2n) is 4.81. The topological polar surface area (TPSA) is 46.1 Å². The van der Waals surface area contributed by atoms with Crippen LogP contribution in [0.5, 0.6) is 0 Å². The molecule has 22 heavy (non-hydrogen) atoms. The monoisotopic (exact) mass is 329 g/mol. The number of thioether (sulfide) groups is 1. The van der Waals surface area contributed by atoms with Gasteiger partial charge in [0.1, 0.15) is 16.2 Å². The van der Waals surface area contributed by atoms with Crippen molar-refractivity contribution < 1.29 is 4.79 Å². The van der Waals surface area contributed by atoms with E-state index in [9.17, 15) is 4.79 Å². The zero-order valence-corrected chi connectivity index (χ0v) is 13.9. The molecule has 112 valence electrons. The summed E-state index contributed by atoms with van der Waals surface area (Å²) in [7, 11) is 1.80. The predicted octanol–water partition coefficient (Wildman–Crippen LogP) is 3.83. The second kappa shape index (κ2) is 6.46. The van der Waals surface area contributed by atoms with E-state index in [-0.39, 0.29) is 11.2 Å². The Kier molecular flexibility index (Phi) is 4.40. The Labute approximate surface area is 137 Å². The van der Waals surface area contributed by atoms with E-state index < -0.39 is 0 Å². The van der Waals surface area contributed by atoms with Gasteiger partial charge in [-0.2, -0.15) is 0 Å². The summed E-state index contributed by atoms with van der Waals surface area (Å²) in [6, 6.07) is 11.6. The van der Waals surface area contributed by atoms with Gasteiger partial charge < -0.3 is 4.90 Å². The first kappa shape index (κ1) is 15.0. The maximum Gasteiger partial charge on any atom is 0.239 e. The first-order chi connectivity index (χ1) is 10.7. The molecule has 0 saturated carbocycles. The summed E-state index contributed by atoms with van der Waals surface area (Å²) >= 11 is 3.05. The van der Waals surface area contributed by atoms with E-state index in [1.165, 1.54) is 11.8 Å². The zero-order valence-electron chi connectivity index (χ0n) is 12.3. The van der Waals surface area contributed by atoms with E-state index in [1.54, 1.807) is 29.6 Å². The normalized spacial score (nSPS) is 12.3. The van der Waals surface area contributed by atoms with Crippen LogP contribution in [0.15, 0.2) is 53.1 Å². The number of thiophene rings is 1. The maximum atomic E-state index is 12.6. The third-order valence-corrected chi connectivity index (χ3v) is 5.26. The molecule has 0 N–H and O–H groups in total. The van der Waals surface area contributed by atoms with Gasteiger partial charge in [-0.3, -0.25) is 4.79 Å². The van der Waals surface area contributed by atoms with Gasteiger partial charge in [0.2, 0.25) is 5.91 Å². The molecule has 2 heterocycles. The number of carbonyl (C=O) groups is 1. The van der Waals surface area contributed by atoms with Crippen LogP contribution in [0, 0.1) is 0 Å². The van der Waals surface area contributed by atoms with Crippen molar-refractivity contribution in [3.63, 3.8) is 0 Å². The largest absolute Gasteiger partial charge is 0.315 e. The van der Waals surface area contributed by atoms with Crippen LogP contribution in [-0.2, 0) is 4.79 Å². The second-order valence-corrected chi connectivity index (χ2v) is 7.04.